The first-order chi connectivity index (χ1) is 14.8. The minimum absolute atomic E-state index is 0.00583. The van der Waals surface area contributed by atoms with Gasteiger partial charge in [-0.15, -0.1) is 0 Å². The third-order valence-electron chi connectivity index (χ3n) is 5.57. The first kappa shape index (κ1) is 21.0. The van der Waals surface area contributed by atoms with Crippen molar-refractivity contribution in [3.8, 4) is 11.5 Å². The molecule has 0 saturated carbocycles. The highest BCUT2D eigenvalue weighted by atomic mass is 19.1. The molecule has 0 bridgehead atoms. The summed E-state index contributed by atoms with van der Waals surface area (Å²) in [5, 5.41) is 2.83. The molecule has 1 N–H and O–H groups in total. The van der Waals surface area contributed by atoms with E-state index >= 15 is 0 Å². The number of ether oxygens (including phenoxy) is 2. The average Bonchev–Trinajstić information content (AvgIpc) is 3.08. The van der Waals surface area contributed by atoms with E-state index in [1.807, 2.05) is 16.7 Å². The maximum absolute atomic E-state index is 14.0. The Morgan fingerprint density at radius 1 is 1.23 bits per heavy atom. The lowest BCUT2D eigenvalue weighted by molar-refractivity contribution is -0.131. The van der Waals surface area contributed by atoms with Crippen LogP contribution in [0.25, 0.3) is 0 Å². The Kier molecular flexibility index (Phi) is 5.77. The van der Waals surface area contributed by atoms with Crippen molar-refractivity contribution in [2.75, 3.05) is 43.5 Å². The minimum atomic E-state index is -0.744. The van der Waals surface area contributed by atoms with Crippen molar-refractivity contribution in [2.45, 2.75) is 19.4 Å². The maximum atomic E-state index is 14.0. The molecular weight excluding hydrogens is 408 g/mol. The Bertz CT molecular complexity index is 1010. The van der Waals surface area contributed by atoms with Crippen molar-refractivity contribution >= 4 is 23.3 Å². The number of esters is 1. The number of hydrogen-bond donors (Lipinski definition) is 1. The second-order valence-corrected chi connectivity index (χ2v) is 7.73. The van der Waals surface area contributed by atoms with Gasteiger partial charge in [-0.2, -0.15) is 0 Å². The highest BCUT2D eigenvalue weighted by Gasteiger charge is 2.27. The summed E-state index contributed by atoms with van der Waals surface area (Å²) in [6, 6.07) is 7.67. The van der Waals surface area contributed by atoms with Crippen LogP contribution in [0.15, 0.2) is 30.3 Å². The molecule has 0 unspecified atom stereocenters. The molecular formula is C22H23F2N3O4. The number of fused-ring (bicyclic) bond motifs is 1. The molecule has 0 aromatic heterocycles. The molecule has 1 atom stereocenters. The Morgan fingerprint density at radius 2 is 1.97 bits per heavy atom. The fourth-order valence-corrected chi connectivity index (χ4v) is 3.96. The first-order valence-electron chi connectivity index (χ1n) is 9.99. The Labute approximate surface area is 178 Å². The van der Waals surface area contributed by atoms with E-state index in [1.54, 1.807) is 18.2 Å². The SMILES string of the molecule is COc1c(F)cc(N2CCN(CC(=O)Nc3ccc4c(c3)OC(=O)C4)[C@H](C)C2)cc1F. The zero-order chi connectivity index (χ0) is 22.1. The van der Waals surface area contributed by atoms with E-state index < -0.39 is 17.4 Å². The van der Waals surface area contributed by atoms with Gasteiger partial charge in [-0.1, -0.05) is 6.07 Å². The summed E-state index contributed by atoms with van der Waals surface area (Å²) in [7, 11) is 1.22. The van der Waals surface area contributed by atoms with Gasteiger partial charge in [-0.05, 0) is 13.0 Å². The average molecular weight is 431 g/mol. The summed E-state index contributed by atoms with van der Waals surface area (Å²) in [6.45, 7) is 3.75. The fraction of sp³-hybridized carbons (Fsp3) is 0.364. The number of nitrogens with one attached hydrogen (secondary N) is 1. The highest BCUT2D eigenvalue weighted by Crippen LogP contribution is 2.30. The molecule has 0 spiro atoms. The first-order valence-corrected chi connectivity index (χ1v) is 9.99. The standard InChI is InChI=1S/C22H23F2N3O4/c1-13-11-27(16-9-17(23)22(30-2)18(24)10-16)6-5-26(13)12-20(28)25-15-4-3-14-7-21(29)31-19(14)8-15/h3-4,8-10,13H,5-7,11-12H2,1-2H3,(H,25,28)/t13-/m1/s1. The molecule has 2 aliphatic heterocycles. The highest BCUT2D eigenvalue weighted by molar-refractivity contribution is 5.93. The summed E-state index contributed by atoms with van der Waals surface area (Å²) in [5.41, 5.74) is 1.81. The molecule has 2 heterocycles. The lowest BCUT2D eigenvalue weighted by Gasteiger charge is -2.40. The molecule has 9 heteroatoms. The zero-order valence-electron chi connectivity index (χ0n) is 17.3. The summed E-state index contributed by atoms with van der Waals surface area (Å²) in [4.78, 5) is 27.8. The van der Waals surface area contributed by atoms with Crippen molar-refractivity contribution in [1.29, 1.82) is 0 Å². The van der Waals surface area contributed by atoms with E-state index in [2.05, 4.69) is 5.32 Å². The number of amides is 1. The van der Waals surface area contributed by atoms with Crippen LogP contribution in [0.2, 0.25) is 0 Å². The van der Waals surface area contributed by atoms with E-state index in [0.29, 0.717) is 36.8 Å². The molecule has 0 aliphatic carbocycles. The molecule has 2 aromatic carbocycles. The van der Waals surface area contributed by atoms with E-state index in [4.69, 9.17) is 9.47 Å². The number of anilines is 2. The predicted molar refractivity (Wildman–Crippen MR) is 111 cm³/mol. The smallest absolute Gasteiger partial charge is 0.315 e. The van der Waals surface area contributed by atoms with Crippen molar-refractivity contribution < 1.29 is 27.8 Å². The van der Waals surface area contributed by atoms with Gasteiger partial charge in [0, 0.05) is 60.8 Å². The van der Waals surface area contributed by atoms with Crippen LogP contribution in [0.1, 0.15) is 12.5 Å². The number of benzene rings is 2. The summed E-state index contributed by atoms with van der Waals surface area (Å²) < 4.78 is 37.9. The monoisotopic (exact) mass is 431 g/mol. The van der Waals surface area contributed by atoms with Crippen LogP contribution in [0.5, 0.6) is 11.5 Å². The van der Waals surface area contributed by atoms with Gasteiger partial charge in [-0.3, -0.25) is 14.5 Å². The molecule has 2 aliphatic rings. The zero-order valence-corrected chi connectivity index (χ0v) is 17.3. The number of carbonyl (C=O) groups is 2. The van der Waals surface area contributed by atoms with Crippen molar-refractivity contribution in [2.24, 2.45) is 0 Å². The molecule has 2 aromatic rings. The summed E-state index contributed by atoms with van der Waals surface area (Å²) in [5.74, 6) is -1.90. The summed E-state index contributed by atoms with van der Waals surface area (Å²) in [6.07, 6.45) is 0.243. The number of hydrogen-bond acceptors (Lipinski definition) is 6. The lowest BCUT2D eigenvalue weighted by Crippen LogP contribution is -2.53. The van der Waals surface area contributed by atoms with Gasteiger partial charge < -0.3 is 19.7 Å². The number of rotatable bonds is 5. The van der Waals surface area contributed by atoms with Gasteiger partial charge in [0.25, 0.3) is 0 Å². The van der Waals surface area contributed by atoms with Gasteiger partial charge in [0.1, 0.15) is 5.75 Å². The second-order valence-electron chi connectivity index (χ2n) is 7.73. The minimum Gasteiger partial charge on any atom is -0.491 e. The molecule has 7 nitrogen and oxygen atoms in total. The Hall–Kier alpha value is -3.20. The van der Waals surface area contributed by atoms with Crippen molar-refractivity contribution in [1.82, 2.24) is 4.90 Å². The van der Waals surface area contributed by atoms with Crippen LogP contribution in [0, 0.1) is 11.6 Å². The quantitative estimate of drug-likeness (QED) is 0.580. The van der Waals surface area contributed by atoms with Crippen LogP contribution in [-0.4, -0.2) is 56.1 Å². The molecule has 1 saturated heterocycles. The van der Waals surface area contributed by atoms with Crippen LogP contribution in [0.3, 0.4) is 0 Å². The molecule has 4 rings (SSSR count). The van der Waals surface area contributed by atoms with Crippen molar-refractivity contribution in [3.63, 3.8) is 0 Å². The molecule has 1 fully saturated rings. The Morgan fingerprint density at radius 3 is 2.65 bits per heavy atom. The third-order valence-corrected chi connectivity index (χ3v) is 5.57. The maximum Gasteiger partial charge on any atom is 0.315 e. The Balaban J connectivity index is 1.35. The van der Waals surface area contributed by atoms with E-state index in [1.165, 1.54) is 19.2 Å². The van der Waals surface area contributed by atoms with Gasteiger partial charge >= 0.3 is 5.97 Å². The van der Waals surface area contributed by atoms with Gasteiger partial charge in [0.15, 0.2) is 17.4 Å². The topological polar surface area (TPSA) is 71.1 Å². The summed E-state index contributed by atoms with van der Waals surface area (Å²) >= 11 is 0. The van der Waals surface area contributed by atoms with Crippen LogP contribution in [0.4, 0.5) is 20.2 Å². The number of nitrogens with zero attached hydrogens (tertiary/aromatic N) is 2. The van der Waals surface area contributed by atoms with E-state index in [-0.39, 0.29) is 30.9 Å². The number of piperazine rings is 1. The fourth-order valence-electron chi connectivity index (χ4n) is 3.96. The van der Waals surface area contributed by atoms with Crippen LogP contribution in [-0.2, 0) is 16.0 Å². The van der Waals surface area contributed by atoms with E-state index in [9.17, 15) is 18.4 Å². The molecule has 164 valence electrons. The predicted octanol–water partition coefficient (Wildman–Crippen LogP) is 2.58. The van der Waals surface area contributed by atoms with Gasteiger partial charge in [-0.25, -0.2) is 8.78 Å². The molecule has 0 radical (unpaired) electrons. The molecule has 31 heavy (non-hydrogen) atoms. The number of carbonyl (C=O) groups excluding carboxylic acids is 2. The normalized spacial score (nSPS) is 18.5. The van der Waals surface area contributed by atoms with Crippen LogP contribution < -0.4 is 19.7 Å². The lowest BCUT2D eigenvalue weighted by atomic mass is 10.1. The van der Waals surface area contributed by atoms with Crippen molar-refractivity contribution in [3.05, 3.63) is 47.5 Å². The number of halogens is 2. The van der Waals surface area contributed by atoms with E-state index in [0.717, 1.165) is 5.56 Å². The number of methoxy groups -OCH3 is 1. The second kappa shape index (κ2) is 8.50. The largest absolute Gasteiger partial charge is 0.491 e. The molecule has 1 amide bonds. The van der Waals surface area contributed by atoms with Crippen LogP contribution >= 0.6 is 0 Å². The van der Waals surface area contributed by atoms with Gasteiger partial charge in [0.2, 0.25) is 5.91 Å². The third kappa shape index (κ3) is 4.46. The van der Waals surface area contributed by atoms with Gasteiger partial charge in [0.05, 0.1) is 20.1 Å².